The van der Waals surface area contributed by atoms with Crippen molar-refractivity contribution in [3.05, 3.63) is 82.9 Å². The number of benzene rings is 3. The van der Waals surface area contributed by atoms with E-state index in [9.17, 15) is 18.0 Å². The van der Waals surface area contributed by atoms with Gasteiger partial charge in [0.2, 0.25) is 11.8 Å². The first-order chi connectivity index (χ1) is 20.0. The highest BCUT2D eigenvalue weighted by Crippen LogP contribution is 2.36. The van der Waals surface area contributed by atoms with Gasteiger partial charge in [0, 0.05) is 24.2 Å². The lowest BCUT2D eigenvalue weighted by Gasteiger charge is -2.32. The second kappa shape index (κ2) is 14.9. The monoisotopic (exact) mass is 615 g/mol. The maximum absolute atomic E-state index is 14.1. The van der Waals surface area contributed by atoms with Crippen LogP contribution in [-0.2, 0) is 26.2 Å². The molecule has 1 N–H and O–H groups in total. The minimum atomic E-state index is -4.28. The lowest BCUT2D eigenvalue weighted by Crippen LogP contribution is -2.51. The zero-order chi connectivity index (χ0) is 30.9. The van der Waals surface area contributed by atoms with Crippen LogP contribution in [0.25, 0.3) is 0 Å². The van der Waals surface area contributed by atoms with E-state index in [1.54, 1.807) is 55.5 Å². The molecular weight excluding hydrogens is 578 g/mol. The van der Waals surface area contributed by atoms with Gasteiger partial charge < -0.3 is 19.7 Å². The normalized spacial score (nSPS) is 11.9. The van der Waals surface area contributed by atoms with E-state index in [0.717, 1.165) is 22.7 Å². The molecule has 9 nitrogen and oxygen atoms in total. The van der Waals surface area contributed by atoms with Crippen molar-refractivity contribution in [2.45, 2.75) is 51.1 Å². The number of rotatable bonds is 14. The number of amides is 2. The van der Waals surface area contributed by atoms with E-state index < -0.39 is 28.5 Å². The molecule has 0 fully saturated rings. The van der Waals surface area contributed by atoms with E-state index in [1.165, 1.54) is 37.3 Å². The third kappa shape index (κ3) is 7.95. The molecule has 3 aromatic rings. The summed E-state index contributed by atoms with van der Waals surface area (Å²) in [5, 5.41) is 3.29. The van der Waals surface area contributed by atoms with Crippen LogP contribution in [-0.4, -0.2) is 58.5 Å². The number of halogens is 1. The number of hydrogen-bond acceptors (Lipinski definition) is 6. The van der Waals surface area contributed by atoms with Crippen LogP contribution in [0, 0.1) is 6.92 Å². The van der Waals surface area contributed by atoms with Gasteiger partial charge in [-0.2, -0.15) is 0 Å². The first-order valence-corrected chi connectivity index (χ1v) is 15.5. The number of aryl methyl sites for hydroxylation is 1. The van der Waals surface area contributed by atoms with Crippen molar-refractivity contribution in [1.82, 2.24) is 10.2 Å². The summed E-state index contributed by atoms with van der Waals surface area (Å²) < 4.78 is 40.1. The Hall–Kier alpha value is -3.76. The fourth-order valence-corrected chi connectivity index (χ4v) is 5.88. The molecule has 0 aromatic heterocycles. The van der Waals surface area contributed by atoms with Gasteiger partial charge in [0.25, 0.3) is 10.0 Å². The van der Waals surface area contributed by atoms with Gasteiger partial charge in [-0.25, -0.2) is 8.42 Å². The number of unbranched alkanes of at least 4 members (excludes halogenated alkanes) is 1. The predicted octanol–water partition coefficient (Wildman–Crippen LogP) is 5.19. The highest BCUT2D eigenvalue weighted by molar-refractivity contribution is 7.92. The van der Waals surface area contributed by atoms with Crippen molar-refractivity contribution in [2.75, 3.05) is 31.6 Å². The Morgan fingerprint density at radius 3 is 2.31 bits per heavy atom. The number of nitrogens with zero attached hydrogens (tertiary/aromatic N) is 2. The molecule has 0 saturated heterocycles. The summed E-state index contributed by atoms with van der Waals surface area (Å²) in [7, 11) is -1.41. The summed E-state index contributed by atoms with van der Waals surface area (Å²) in [4.78, 5) is 28.6. The fourth-order valence-electron chi connectivity index (χ4n) is 4.27. The highest BCUT2D eigenvalue weighted by atomic mass is 35.5. The second-order valence-corrected chi connectivity index (χ2v) is 12.1. The van der Waals surface area contributed by atoms with Gasteiger partial charge in [0.1, 0.15) is 24.1 Å². The number of nitrogens with one attached hydrogen (secondary N) is 1. The van der Waals surface area contributed by atoms with Crippen LogP contribution >= 0.6 is 11.6 Å². The third-order valence-corrected chi connectivity index (χ3v) is 8.98. The third-order valence-electron chi connectivity index (χ3n) is 6.84. The van der Waals surface area contributed by atoms with Crippen LogP contribution in [0.5, 0.6) is 11.5 Å². The number of methoxy groups -OCH3 is 2. The molecule has 42 heavy (non-hydrogen) atoms. The maximum atomic E-state index is 14.1. The molecule has 0 spiro atoms. The van der Waals surface area contributed by atoms with Crippen LogP contribution in [0.2, 0.25) is 5.02 Å². The summed E-state index contributed by atoms with van der Waals surface area (Å²) in [5.41, 5.74) is 1.61. The molecule has 3 rings (SSSR count). The van der Waals surface area contributed by atoms with E-state index in [4.69, 9.17) is 21.1 Å². The average molecular weight is 616 g/mol. The summed E-state index contributed by atoms with van der Waals surface area (Å²) in [6.45, 7) is 5.32. The first kappa shape index (κ1) is 32.8. The molecule has 2 amide bonds. The van der Waals surface area contributed by atoms with Crippen LogP contribution in [0.15, 0.2) is 71.6 Å². The van der Waals surface area contributed by atoms with Crippen LogP contribution in [0.1, 0.15) is 37.8 Å². The molecule has 0 saturated carbocycles. The van der Waals surface area contributed by atoms with Crippen molar-refractivity contribution < 1.29 is 27.5 Å². The number of hydrogen-bond donors (Lipinski definition) is 1. The molecule has 1 unspecified atom stereocenters. The van der Waals surface area contributed by atoms with Gasteiger partial charge in [-0.15, -0.1) is 0 Å². The summed E-state index contributed by atoms with van der Waals surface area (Å²) in [5.74, 6) is -0.356. The molecule has 226 valence electrons. The molecule has 0 aliphatic rings. The number of sulfonamides is 1. The Morgan fingerprint density at radius 2 is 1.69 bits per heavy atom. The Labute approximate surface area is 253 Å². The molecule has 0 aliphatic carbocycles. The van der Waals surface area contributed by atoms with E-state index in [-0.39, 0.29) is 28.8 Å². The van der Waals surface area contributed by atoms with Gasteiger partial charge in [-0.05, 0) is 56.2 Å². The zero-order valence-corrected chi connectivity index (χ0v) is 26.2. The van der Waals surface area contributed by atoms with Crippen LogP contribution in [0.4, 0.5) is 5.69 Å². The van der Waals surface area contributed by atoms with E-state index in [0.29, 0.717) is 22.9 Å². The van der Waals surface area contributed by atoms with Crippen molar-refractivity contribution in [1.29, 1.82) is 0 Å². The van der Waals surface area contributed by atoms with Gasteiger partial charge in [0.15, 0.2) is 0 Å². The smallest absolute Gasteiger partial charge is 0.264 e. The van der Waals surface area contributed by atoms with Gasteiger partial charge in [-0.3, -0.25) is 13.9 Å². The molecule has 11 heteroatoms. The van der Waals surface area contributed by atoms with Crippen LogP contribution in [0.3, 0.4) is 0 Å². The van der Waals surface area contributed by atoms with Gasteiger partial charge in [-0.1, -0.05) is 60.8 Å². The molecule has 1 atom stereocenters. The predicted molar refractivity (Wildman–Crippen MR) is 165 cm³/mol. The summed E-state index contributed by atoms with van der Waals surface area (Å²) in [6, 6.07) is 17.1. The number of anilines is 1. The zero-order valence-electron chi connectivity index (χ0n) is 24.6. The number of carbonyl (C=O) groups is 2. The van der Waals surface area contributed by atoms with Crippen molar-refractivity contribution in [3.63, 3.8) is 0 Å². The highest BCUT2D eigenvalue weighted by Gasteiger charge is 2.34. The van der Waals surface area contributed by atoms with E-state index in [1.807, 2.05) is 13.8 Å². The fraction of sp³-hybridized carbons (Fsp3) is 0.355. The molecule has 0 radical (unpaired) electrons. The Balaban J connectivity index is 2.10. The summed E-state index contributed by atoms with van der Waals surface area (Å²) in [6.07, 6.45) is 1.68. The molecule has 0 bridgehead atoms. The molecule has 0 heterocycles. The van der Waals surface area contributed by atoms with E-state index >= 15 is 0 Å². The minimum Gasteiger partial charge on any atom is -0.497 e. The molecule has 0 aliphatic heterocycles. The lowest BCUT2D eigenvalue weighted by molar-refractivity contribution is -0.139. The molecule has 3 aromatic carbocycles. The lowest BCUT2D eigenvalue weighted by atomic mass is 10.1. The van der Waals surface area contributed by atoms with Gasteiger partial charge >= 0.3 is 0 Å². The number of ether oxygens (including phenoxy) is 2. The standard InChI is InChI=1S/C31H38ClN3O6S/c1-6-7-18-33-31(37)23(3)34(20-24-10-8-9-11-27(24)32)30(36)21-35(28-19-25(40-4)14-17-29(28)41-5)42(38,39)26-15-12-22(2)13-16-26/h8-17,19,23H,6-7,18,20-21H2,1-5H3,(H,33,37). The van der Waals surface area contributed by atoms with Crippen molar-refractivity contribution in [2.24, 2.45) is 0 Å². The first-order valence-electron chi connectivity index (χ1n) is 13.7. The van der Waals surface area contributed by atoms with E-state index in [2.05, 4.69) is 5.32 Å². The largest absolute Gasteiger partial charge is 0.497 e. The van der Waals surface area contributed by atoms with Crippen molar-refractivity contribution in [3.8, 4) is 11.5 Å². The molecular formula is C31H38ClN3O6S. The average Bonchev–Trinajstić information content (AvgIpc) is 2.98. The Morgan fingerprint density at radius 1 is 1.00 bits per heavy atom. The van der Waals surface area contributed by atoms with Crippen molar-refractivity contribution >= 4 is 39.1 Å². The minimum absolute atomic E-state index is 0.00542. The maximum Gasteiger partial charge on any atom is 0.264 e. The Kier molecular flexibility index (Phi) is 11.6. The van der Waals surface area contributed by atoms with Crippen LogP contribution < -0.4 is 19.1 Å². The quantitative estimate of drug-likeness (QED) is 0.250. The number of carbonyl (C=O) groups excluding carboxylic acids is 2. The Bertz CT molecular complexity index is 1480. The second-order valence-electron chi connectivity index (χ2n) is 9.80. The van der Waals surface area contributed by atoms with Gasteiger partial charge in [0.05, 0.1) is 24.8 Å². The topological polar surface area (TPSA) is 105 Å². The summed E-state index contributed by atoms with van der Waals surface area (Å²) >= 11 is 6.42. The SMILES string of the molecule is CCCCNC(=O)C(C)N(Cc1ccccc1Cl)C(=O)CN(c1cc(OC)ccc1OC)S(=O)(=O)c1ccc(C)cc1.